The lowest BCUT2D eigenvalue weighted by Crippen LogP contribution is -2.48. The maximum Gasteiger partial charge on any atom is 0.251 e. The van der Waals surface area contributed by atoms with Crippen LogP contribution in [0.15, 0.2) is 103 Å². The van der Waals surface area contributed by atoms with Gasteiger partial charge in [0.25, 0.3) is 11.8 Å². The molecule has 10 nitrogen and oxygen atoms in total. The molecule has 4 aromatic carbocycles. The highest BCUT2D eigenvalue weighted by molar-refractivity contribution is 7.92. The average Bonchev–Trinajstić information content (AvgIpc) is 3.05. The van der Waals surface area contributed by atoms with Crippen LogP contribution >= 0.6 is 0 Å². The third-order valence-corrected chi connectivity index (χ3v) is 8.90. The summed E-state index contributed by atoms with van der Waals surface area (Å²) < 4.78 is 25.8. The van der Waals surface area contributed by atoms with Crippen molar-refractivity contribution in [1.82, 2.24) is 16.0 Å². The molecule has 0 radical (unpaired) electrons. The van der Waals surface area contributed by atoms with E-state index in [-0.39, 0.29) is 35.2 Å². The Balaban J connectivity index is 1.59. The molecule has 242 valence electrons. The maximum absolute atomic E-state index is 13.8. The number of nitrogens with one attached hydrogen (secondary N) is 3. The monoisotopic (exact) mass is 644 g/mol. The van der Waals surface area contributed by atoms with Crippen molar-refractivity contribution in [3.8, 4) is 5.75 Å². The largest absolute Gasteiger partial charge is 0.508 e. The van der Waals surface area contributed by atoms with Crippen molar-refractivity contribution in [2.45, 2.75) is 38.1 Å². The number of carbonyl (C=O) groups excluding carboxylic acids is 2. The van der Waals surface area contributed by atoms with Gasteiger partial charge in [0.1, 0.15) is 5.75 Å². The Morgan fingerprint density at radius 2 is 1.39 bits per heavy atom. The van der Waals surface area contributed by atoms with Crippen LogP contribution in [-0.2, 0) is 23.0 Å². The minimum atomic E-state index is -3.72. The molecule has 0 aliphatic rings. The summed E-state index contributed by atoms with van der Waals surface area (Å²) >= 11 is 0. The normalized spacial score (nSPS) is 13.3. The first-order chi connectivity index (χ1) is 21.9. The number of anilines is 1. The summed E-state index contributed by atoms with van der Waals surface area (Å²) in [5.74, 6) is -0.937. The number of phenols is 1. The molecule has 0 spiro atoms. The van der Waals surface area contributed by atoms with Crippen LogP contribution in [0.2, 0.25) is 0 Å². The number of phenolic OH excluding ortho intramolecular Hbond substituents is 1. The first-order valence-electron chi connectivity index (χ1n) is 14.9. The summed E-state index contributed by atoms with van der Waals surface area (Å²) in [6, 6.07) is 28.7. The van der Waals surface area contributed by atoms with E-state index < -0.39 is 34.0 Å². The second kappa shape index (κ2) is 15.5. The minimum Gasteiger partial charge on any atom is -0.508 e. The van der Waals surface area contributed by atoms with Crippen LogP contribution in [0.25, 0.3) is 0 Å². The molecule has 0 fully saturated rings. The van der Waals surface area contributed by atoms with E-state index in [0.29, 0.717) is 18.5 Å². The number of hydrogen-bond donors (Lipinski definition) is 5. The molecule has 46 heavy (non-hydrogen) atoms. The molecule has 4 rings (SSSR count). The molecule has 0 saturated carbocycles. The van der Waals surface area contributed by atoms with E-state index in [0.717, 1.165) is 21.7 Å². The van der Waals surface area contributed by atoms with E-state index in [4.69, 9.17) is 0 Å². The second-order valence-corrected chi connectivity index (χ2v) is 13.2. The van der Waals surface area contributed by atoms with Crippen LogP contribution in [0.3, 0.4) is 0 Å². The zero-order valence-electron chi connectivity index (χ0n) is 26.1. The predicted molar refractivity (Wildman–Crippen MR) is 179 cm³/mol. The highest BCUT2D eigenvalue weighted by Gasteiger charge is 2.25. The SMILES string of the molecule is CC(NC(=O)c1cc(C(=O)NC(Cc2ccccc2)C(O)CNCc2ccccc2O)cc(N(C)S(C)(=O)=O)c1)c1ccccc1. The van der Waals surface area contributed by atoms with Gasteiger partial charge in [-0.05, 0) is 48.7 Å². The number of amides is 2. The van der Waals surface area contributed by atoms with Crippen molar-refractivity contribution >= 4 is 27.5 Å². The van der Waals surface area contributed by atoms with Gasteiger partial charge in [0.15, 0.2) is 0 Å². The maximum atomic E-state index is 13.8. The standard InChI is InChI=1S/C35H40N4O6S/c1-24(26-14-8-5-9-15-26)37-34(42)28-19-29(21-30(20-28)39(2)46(3,44)45)35(43)38-31(18-25-12-6-4-7-13-25)33(41)23-36-22-27-16-10-11-17-32(27)40/h4-17,19-21,24,31,33,36,40-41H,18,22-23H2,1-3H3,(H,37,42)(H,38,43). The van der Waals surface area contributed by atoms with Gasteiger partial charge in [0.05, 0.1) is 30.1 Å². The van der Waals surface area contributed by atoms with E-state index in [1.54, 1.807) is 24.3 Å². The van der Waals surface area contributed by atoms with Crippen molar-refractivity contribution in [2.24, 2.45) is 0 Å². The molecule has 0 aromatic heterocycles. The zero-order valence-corrected chi connectivity index (χ0v) is 26.9. The minimum absolute atomic E-state index is 0.0537. The summed E-state index contributed by atoms with van der Waals surface area (Å²) in [7, 11) is -2.37. The summed E-state index contributed by atoms with van der Waals surface area (Å²) in [4.78, 5) is 27.1. The number of aliphatic hydroxyl groups is 1. The number of para-hydroxylation sites is 1. The number of carbonyl (C=O) groups is 2. The Bertz CT molecular complexity index is 1730. The van der Waals surface area contributed by atoms with Crippen LogP contribution in [-0.4, -0.2) is 62.4 Å². The average molecular weight is 645 g/mol. The Morgan fingerprint density at radius 3 is 2.00 bits per heavy atom. The Morgan fingerprint density at radius 1 is 0.826 bits per heavy atom. The fourth-order valence-corrected chi connectivity index (χ4v) is 5.40. The number of sulfonamides is 1. The highest BCUT2D eigenvalue weighted by Crippen LogP contribution is 2.23. The van der Waals surface area contributed by atoms with Crippen molar-refractivity contribution < 1.29 is 28.2 Å². The lowest BCUT2D eigenvalue weighted by Gasteiger charge is -2.26. The van der Waals surface area contributed by atoms with Crippen LogP contribution < -0.4 is 20.3 Å². The summed E-state index contributed by atoms with van der Waals surface area (Å²) in [6.45, 7) is 2.24. The molecule has 3 unspecified atom stereocenters. The predicted octanol–water partition coefficient (Wildman–Crippen LogP) is 3.77. The summed E-state index contributed by atoms with van der Waals surface area (Å²) in [5, 5.41) is 30.2. The Kier molecular flexibility index (Phi) is 11.5. The molecule has 0 saturated heterocycles. The van der Waals surface area contributed by atoms with Crippen molar-refractivity contribution in [2.75, 3.05) is 24.2 Å². The van der Waals surface area contributed by atoms with Gasteiger partial charge in [0.2, 0.25) is 10.0 Å². The molecule has 4 aromatic rings. The molecule has 5 N–H and O–H groups in total. The number of hydrogen-bond acceptors (Lipinski definition) is 7. The fourth-order valence-electron chi connectivity index (χ4n) is 4.91. The number of benzene rings is 4. The smallest absolute Gasteiger partial charge is 0.251 e. The number of rotatable bonds is 14. The van der Waals surface area contributed by atoms with Gasteiger partial charge in [0, 0.05) is 36.8 Å². The van der Waals surface area contributed by atoms with Gasteiger partial charge in [-0.15, -0.1) is 0 Å². The van der Waals surface area contributed by atoms with Crippen molar-refractivity contribution in [3.63, 3.8) is 0 Å². The number of aliphatic hydroxyl groups excluding tert-OH is 1. The fraction of sp³-hybridized carbons (Fsp3) is 0.257. The molecule has 3 atom stereocenters. The summed E-state index contributed by atoms with van der Waals surface area (Å²) in [5.41, 5.74) is 2.72. The van der Waals surface area contributed by atoms with Crippen LogP contribution in [0.4, 0.5) is 5.69 Å². The molecule has 0 bridgehead atoms. The lowest BCUT2D eigenvalue weighted by molar-refractivity contribution is 0.0830. The van der Waals surface area contributed by atoms with Gasteiger partial charge in [-0.1, -0.05) is 78.9 Å². The Hall–Kier alpha value is -4.71. The number of nitrogens with zero attached hydrogens (tertiary/aromatic N) is 1. The van der Waals surface area contributed by atoms with Crippen molar-refractivity contribution in [1.29, 1.82) is 0 Å². The third kappa shape index (κ3) is 9.40. The third-order valence-electron chi connectivity index (χ3n) is 7.69. The quantitative estimate of drug-likeness (QED) is 0.140. The van der Waals surface area contributed by atoms with Gasteiger partial charge >= 0.3 is 0 Å². The second-order valence-electron chi connectivity index (χ2n) is 11.2. The summed E-state index contributed by atoms with van der Waals surface area (Å²) in [6.07, 6.45) is 0.300. The van der Waals surface area contributed by atoms with E-state index >= 15 is 0 Å². The molecule has 11 heteroatoms. The van der Waals surface area contributed by atoms with Crippen LogP contribution in [0, 0.1) is 0 Å². The topological polar surface area (TPSA) is 148 Å². The number of aromatic hydroxyl groups is 1. The van der Waals surface area contributed by atoms with Gasteiger partial charge in [-0.3, -0.25) is 13.9 Å². The van der Waals surface area contributed by atoms with Crippen molar-refractivity contribution in [3.05, 3.63) is 131 Å². The lowest BCUT2D eigenvalue weighted by atomic mass is 9.99. The first-order valence-corrected chi connectivity index (χ1v) is 16.7. The molecule has 0 aliphatic heterocycles. The van der Waals surface area contributed by atoms with Gasteiger partial charge < -0.3 is 26.2 Å². The van der Waals surface area contributed by atoms with Crippen LogP contribution in [0.5, 0.6) is 5.75 Å². The molecule has 2 amide bonds. The zero-order chi connectivity index (χ0) is 33.3. The van der Waals surface area contributed by atoms with E-state index in [9.17, 15) is 28.2 Å². The van der Waals surface area contributed by atoms with E-state index in [1.165, 1.54) is 25.2 Å². The van der Waals surface area contributed by atoms with E-state index in [1.807, 2.05) is 67.6 Å². The molecule has 0 heterocycles. The highest BCUT2D eigenvalue weighted by atomic mass is 32.2. The Labute approximate surface area is 270 Å². The van der Waals surface area contributed by atoms with Gasteiger partial charge in [-0.25, -0.2) is 8.42 Å². The van der Waals surface area contributed by atoms with Crippen LogP contribution in [0.1, 0.15) is 50.4 Å². The van der Waals surface area contributed by atoms with E-state index in [2.05, 4.69) is 16.0 Å². The first kappa shape index (κ1) is 34.2. The van der Waals surface area contributed by atoms with Gasteiger partial charge in [-0.2, -0.15) is 0 Å². The molecular weight excluding hydrogens is 604 g/mol. The molecule has 0 aliphatic carbocycles. The molecular formula is C35H40N4O6S.